The molecule has 0 aliphatic heterocycles. The van der Waals surface area contributed by atoms with Gasteiger partial charge >= 0.3 is 0 Å². The fourth-order valence-corrected chi connectivity index (χ4v) is 2.90. The van der Waals surface area contributed by atoms with Gasteiger partial charge in [0.15, 0.2) is 5.82 Å². The van der Waals surface area contributed by atoms with Gasteiger partial charge in [-0.2, -0.15) is 0 Å². The topological polar surface area (TPSA) is 29.9 Å². The van der Waals surface area contributed by atoms with Crippen LogP contribution in [0.1, 0.15) is 18.4 Å². The molecule has 4 heteroatoms. The van der Waals surface area contributed by atoms with Crippen LogP contribution >= 0.6 is 0 Å². The second-order valence-corrected chi connectivity index (χ2v) is 5.98. The first-order chi connectivity index (χ1) is 10.8. The molecule has 0 amide bonds. The summed E-state index contributed by atoms with van der Waals surface area (Å²) in [5.41, 5.74) is 2.96. The summed E-state index contributed by atoms with van der Waals surface area (Å²) in [5, 5.41) is 4.42. The van der Waals surface area contributed by atoms with Crippen molar-refractivity contribution < 1.29 is 4.39 Å². The van der Waals surface area contributed by atoms with E-state index in [1.165, 1.54) is 35.5 Å². The maximum Gasteiger partial charge on any atom is 0.164 e. The van der Waals surface area contributed by atoms with Gasteiger partial charge in [0.2, 0.25) is 0 Å². The van der Waals surface area contributed by atoms with Crippen LogP contribution in [0.15, 0.2) is 48.9 Å². The molecule has 2 heterocycles. The molecule has 112 valence electrons. The average Bonchev–Trinajstić information content (AvgIpc) is 3.29. The number of aromatic nitrogens is 2. The van der Waals surface area contributed by atoms with Crippen molar-refractivity contribution in [3.8, 4) is 0 Å². The van der Waals surface area contributed by atoms with E-state index < -0.39 is 0 Å². The number of rotatable bonds is 5. The normalized spacial score (nSPS) is 14.4. The number of pyridine rings is 1. The zero-order valence-corrected chi connectivity index (χ0v) is 12.3. The van der Waals surface area contributed by atoms with E-state index in [-0.39, 0.29) is 5.82 Å². The zero-order valence-electron chi connectivity index (χ0n) is 12.3. The van der Waals surface area contributed by atoms with Crippen molar-refractivity contribution in [1.29, 1.82) is 0 Å². The van der Waals surface area contributed by atoms with E-state index in [1.54, 1.807) is 12.3 Å². The van der Waals surface area contributed by atoms with Crippen LogP contribution < -0.4 is 5.32 Å². The van der Waals surface area contributed by atoms with Crippen molar-refractivity contribution in [3.05, 3.63) is 60.3 Å². The number of halogens is 1. The number of hydrogen-bond acceptors (Lipinski definition) is 2. The van der Waals surface area contributed by atoms with Gasteiger partial charge in [-0.25, -0.2) is 4.39 Å². The second-order valence-electron chi connectivity index (χ2n) is 5.98. The summed E-state index contributed by atoms with van der Waals surface area (Å²) in [4.78, 5) is 3.77. The molecule has 1 N–H and O–H groups in total. The van der Waals surface area contributed by atoms with Crippen molar-refractivity contribution in [2.75, 3.05) is 5.32 Å². The highest BCUT2D eigenvalue weighted by atomic mass is 19.1. The van der Waals surface area contributed by atoms with E-state index in [4.69, 9.17) is 0 Å². The highest BCUT2D eigenvalue weighted by Gasteiger charge is 2.22. The van der Waals surface area contributed by atoms with Crippen LogP contribution in [0.2, 0.25) is 0 Å². The highest BCUT2D eigenvalue weighted by Crippen LogP contribution is 2.33. The Hall–Kier alpha value is -2.36. The Bertz CT molecular complexity index is 805. The predicted molar refractivity (Wildman–Crippen MR) is 86.2 cm³/mol. The Morgan fingerprint density at radius 3 is 2.91 bits per heavy atom. The number of hydrogen-bond donors (Lipinski definition) is 1. The minimum atomic E-state index is -0.316. The first-order valence-corrected chi connectivity index (χ1v) is 7.71. The van der Waals surface area contributed by atoms with Crippen LogP contribution in [0.5, 0.6) is 0 Å². The molecule has 0 radical (unpaired) electrons. The molecule has 0 atom stereocenters. The molecule has 3 nitrogen and oxygen atoms in total. The zero-order chi connectivity index (χ0) is 14.9. The van der Waals surface area contributed by atoms with Gasteiger partial charge in [-0.05, 0) is 36.5 Å². The van der Waals surface area contributed by atoms with Crippen molar-refractivity contribution in [1.82, 2.24) is 9.55 Å². The summed E-state index contributed by atoms with van der Waals surface area (Å²) in [6, 6.07) is 10.1. The molecule has 0 unspecified atom stereocenters. The SMILES string of the molecule is Fc1cnccc1NCc1cn(CC2CC2)c2ccccc12. The smallest absolute Gasteiger partial charge is 0.164 e. The van der Waals surface area contributed by atoms with Gasteiger partial charge in [0.1, 0.15) is 0 Å². The number of fused-ring (bicyclic) bond motifs is 1. The molecular formula is C18H18FN3. The molecule has 0 saturated heterocycles. The lowest BCUT2D eigenvalue weighted by molar-refractivity contribution is 0.623. The predicted octanol–water partition coefficient (Wildman–Crippen LogP) is 4.20. The molecule has 1 aliphatic carbocycles. The number of anilines is 1. The second kappa shape index (κ2) is 5.44. The van der Waals surface area contributed by atoms with E-state index in [1.807, 2.05) is 0 Å². The minimum absolute atomic E-state index is 0.316. The van der Waals surface area contributed by atoms with E-state index in [2.05, 4.69) is 45.3 Å². The summed E-state index contributed by atoms with van der Waals surface area (Å²) in [6.07, 6.45) is 7.71. The van der Waals surface area contributed by atoms with E-state index in [0.29, 0.717) is 12.2 Å². The van der Waals surface area contributed by atoms with Crippen LogP contribution in [0.25, 0.3) is 10.9 Å². The van der Waals surface area contributed by atoms with Crippen LogP contribution in [-0.2, 0) is 13.1 Å². The van der Waals surface area contributed by atoms with Gasteiger partial charge in [-0.1, -0.05) is 18.2 Å². The fourth-order valence-electron chi connectivity index (χ4n) is 2.90. The quantitative estimate of drug-likeness (QED) is 0.764. The Morgan fingerprint density at radius 2 is 2.09 bits per heavy atom. The number of nitrogens with one attached hydrogen (secondary N) is 1. The molecule has 1 aromatic carbocycles. The average molecular weight is 295 g/mol. The molecule has 1 aliphatic rings. The summed E-state index contributed by atoms with van der Waals surface area (Å²) in [5.74, 6) is 0.512. The van der Waals surface area contributed by atoms with Gasteiger partial charge in [0.05, 0.1) is 11.9 Å². The lowest BCUT2D eigenvalue weighted by Gasteiger charge is -2.06. The van der Waals surface area contributed by atoms with Crippen molar-refractivity contribution in [3.63, 3.8) is 0 Å². The van der Waals surface area contributed by atoms with E-state index in [9.17, 15) is 4.39 Å². The first kappa shape index (κ1) is 13.3. The summed E-state index contributed by atoms with van der Waals surface area (Å²) in [7, 11) is 0. The van der Waals surface area contributed by atoms with Crippen LogP contribution in [0.3, 0.4) is 0 Å². The summed E-state index contributed by atoms with van der Waals surface area (Å²) in [6.45, 7) is 1.70. The minimum Gasteiger partial charge on any atom is -0.378 e. The third kappa shape index (κ3) is 2.56. The van der Waals surface area contributed by atoms with Gasteiger partial charge in [0, 0.05) is 36.4 Å². The molecular weight excluding hydrogens is 277 g/mol. The van der Waals surface area contributed by atoms with Crippen molar-refractivity contribution in [2.24, 2.45) is 5.92 Å². The van der Waals surface area contributed by atoms with Crippen LogP contribution in [-0.4, -0.2) is 9.55 Å². The number of benzene rings is 1. The molecule has 22 heavy (non-hydrogen) atoms. The summed E-state index contributed by atoms with van der Waals surface area (Å²) < 4.78 is 16.0. The fraction of sp³-hybridized carbons (Fsp3) is 0.278. The monoisotopic (exact) mass is 295 g/mol. The molecule has 4 rings (SSSR count). The third-order valence-corrected chi connectivity index (χ3v) is 4.26. The van der Waals surface area contributed by atoms with Crippen molar-refractivity contribution in [2.45, 2.75) is 25.9 Å². The van der Waals surface area contributed by atoms with Crippen molar-refractivity contribution >= 4 is 16.6 Å². The Kier molecular flexibility index (Phi) is 3.29. The third-order valence-electron chi connectivity index (χ3n) is 4.26. The van der Waals surface area contributed by atoms with Gasteiger partial charge in [0.25, 0.3) is 0 Å². The van der Waals surface area contributed by atoms with Crippen LogP contribution in [0.4, 0.5) is 10.1 Å². The van der Waals surface area contributed by atoms with E-state index >= 15 is 0 Å². The standard InChI is InChI=1S/C18H18FN3/c19-16-10-20-8-7-17(16)21-9-14-12-22(11-13-5-6-13)18-4-2-1-3-15(14)18/h1-4,7-8,10,12-13H,5-6,9,11H2,(H,20,21). The molecule has 1 fully saturated rings. The first-order valence-electron chi connectivity index (χ1n) is 7.71. The Labute approximate surface area is 128 Å². The van der Waals surface area contributed by atoms with Gasteiger partial charge < -0.3 is 9.88 Å². The molecule has 0 spiro atoms. The maximum absolute atomic E-state index is 13.7. The number of nitrogens with zero attached hydrogens (tertiary/aromatic N) is 2. The van der Waals surface area contributed by atoms with Gasteiger partial charge in [-0.3, -0.25) is 4.98 Å². The largest absolute Gasteiger partial charge is 0.378 e. The van der Waals surface area contributed by atoms with Crippen LogP contribution in [0, 0.1) is 11.7 Å². The molecule has 3 aromatic rings. The lowest BCUT2D eigenvalue weighted by Crippen LogP contribution is -2.01. The molecule has 1 saturated carbocycles. The van der Waals surface area contributed by atoms with E-state index in [0.717, 1.165) is 12.5 Å². The summed E-state index contributed by atoms with van der Waals surface area (Å²) >= 11 is 0. The maximum atomic E-state index is 13.7. The Balaban J connectivity index is 1.62. The number of para-hydroxylation sites is 1. The Morgan fingerprint density at radius 1 is 1.23 bits per heavy atom. The van der Waals surface area contributed by atoms with Gasteiger partial charge in [-0.15, -0.1) is 0 Å². The lowest BCUT2D eigenvalue weighted by atomic mass is 10.2. The molecule has 2 aromatic heterocycles. The molecule has 0 bridgehead atoms. The highest BCUT2D eigenvalue weighted by molar-refractivity contribution is 5.84.